The molecule has 3 aromatic rings. The van der Waals surface area contributed by atoms with Crippen LogP contribution in [0.15, 0.2) is 33.7 Å². The summed E-state index contributed by atoms with van der Waals surface area (Å²) in [6.07, 6.45) is 5.42. The molecule has 0 atom stereocenters. The van der Waals surface area contributed by atoms with E-state index in [2.05, 4.69) is 26.7 Å². The molecule has 5 rings (SSSR count). The number of nitrogens with zero attached hydrogens (tertiary/aromatic N) is 3. The molecule has 0 saturated carbocycles. The number of rotatable bonds is 3. The number of aromatic amines is 1. The summed E-state index contributed by atoms with van der Waals surface area (Å²) in [6, 6.07) is 6.87. The van der Waals surface area contributed by atoms with E-state index in [0.717, 1.165) is 5.39 Å². The molecule has 0 aliphatic carbocycles. The minimum atomic E-state index is -3.73. The Balaban J connectivity index is 1.30. The third-order valence-electron chi connectivity index (χ3n) is 5.50. The zero-order chi connectivity index (χ0) is 21.6. The first-order valence-electron chi connectivity index (χ1n) is 9.79. The first-order chi connectivity index (χ1) is 15.0. The van der Waals surface area contributed by atoms with Crippen molar-refractivity contribution in [3.63, 3.8) is 0 Å². The standard InChI is InChI=1S/C20H20N6O4S/c1-2-13-3-4-15-14(9-13)10-18(23-15)31(28,29)26-7-5-25(6-8-26)20(27)19-24-16-11-21-22-12-17(16)30-19/h1,3-4,9-10,21-23H,5-8,11-12H2. The summed E-state index contributed by atoms with van der Waals surface area (Å²) in [5.74, 6) is 2.88. The van der Waals surface area contributed by atoms with Crippen LogP contribution in [0.4, 0.5) is 0 Å². The van der Waals surface area contributed by atoms with Crippen LogP contribution in [0.1, 0.15) is 27.7 Å². The summed E-state index contributed by atoms with van der Waals surface area (Å²) in [4.78, 5) is 21.5. The van der Waals surface area contributed by atoms with E-state index in [1.54, 1.807) is 29.2 Å². The van der Waals surface area contributed by atoms with Crippen LogP contribution in [-0.4, -0.2) is 59.7 Å². The van der Waals surface area contributed by atoms with Gasteiger partial charge in [-0.3, -0.25) is 10.2 Å². The fourth-order valence-electron chi connectivity index (χ4n) is 3.78. The number of H-pyrrole nitrogens is 1. The number of aromatic nitrogens is 2. The van der Waals surface area contributed by atoms with Gasteiger partial charge in [0.05, 0.1) is 18.8 Å². The lowest BCUT2D eigenvalue weighted by Gasteiger charge is -2.33. The summed E-state index contributed by atoms with van der Waals surface area (Å²) in [7, 11) is -3.73. The zero-order valence-corrected chi connectivity index (χ0v) is 17.3. The number of carbonyl (C=O) groups is 1. The Labute approximate surface area is 178 Å². The number of fused-ring (bicyclic) bond motifs is 2. The largest absolute Gasteiger partial charge is 0.436 e. The topological polar surface area (TPSA) is 124 Å². The Hall–Kier alpha value is -3.17. The Kier molecular flexibility index (Phi) is 4.79. The number of sulfonamides is 1. The van der Waals surface area contributed by atoms with Gasteiger partial charge >= 0.3 is 5.91 Å². The molecule has 0 unspecified atom stereocenters. The second-order valence-corrected chi connectivity index (χ2v) is 9.28. The summed E-state index contributed by atoms with van der Waals surface area (Å²) in [5, 5.41) is 0.844. The SMILES string of the molecule is C#Cc1ccc2[nH]c(S(=O)(=O)N3CCN(C(=O)c4nc5c(o4)CNNC5)CC3)cc2c1. The number of piperazine rings is 1. The summed E-state index contributed by atoms with van der Waals surface area (Å²) in [5.41, 5.74) is 7.96. The van der Waals surface area contributed by atoms with Gasteiger partial charge in [-0.25, -0.2) is 18.8 Å². The monoisotopic (exact) mass is 440 g/mol. The van der Waals surface area contributed by atoms with Gasteiger partial charge in [-0.2, -0.15) is 4.31 Å². The maximum absolute atomic E-state index is 13.1. The smallest absolute Gasteiger partial charge is 0.309 e. The highest BCUT2D eigenvalue weighted by Gasteiger charge is 2.33. The van der Waals surface area contributed by atoms with E-state index in [9.17, 15) is 13.2 Å². The Morgan fingerprint density at radius 2 is 1.90 bits per heavy atom. The van der Waals surface area contributed by atoms with Crippen molar-refractivity contribution >= 4 is 26.8 Å². The minimum Gasteiger partial charge on any atom is -0.436 e. The predicted molar refractivity (Wildman–Crippen MR) is 111 cm³/mol. The summed E-state index contributed by atoms with van der Waals surface area (Å²) >= 11 is 0. The first-order valence-corrected chi connectivity index (χ1v) is 11.2. The predicted octanol–water partition coefficient (Wildman–Crippen LogP) is 0.392. The molecule has 10 nitrogen and oxygen atoms in total. The number of hydrazine groups is 1. The average Bonchev–Trinajstić information content (AvgIpc) is 3.42. The van der Waals surface area contributed by atoms with E-state index in [4.69, 9.17) is 10.8 Å². The van der Waals surface area contributed by atoms with Crippen LogP contribution in [0.2, 0.25) is 0 Å². The molecule has 0 radical (unpaired) electrons. The lowest BCUT2D eigenvalue weighted by molar-refractivity contribution is 0.0655. The molecule has 1 saturated heterocycles. The summed E-state index contributed by atoms with van der Waals surface area (Å²) in [6.45, 7) is 1.80. The van der Waals surface area contributed by atoms with E-state index in [0.29, 0.717) is 35.6 Å². The Bertz CT molecular complexity index is 1290. The number of amides is 1. The first kappa shape index (κ1) is 19.8. The van der Waals surface area contributed by atoms with E-state index in [-0.39, 0.29) is 43.0 Å². The van der Waals surface area contributed by atoms with Gasteiger partial charge in [0.25, 0.3) is 15.9 Å². The molecular formula is C20H20N6O4S. The molecule has 4 heterocycles. The molecule has 0 bridgehead atoms. The maximum atomic E-state index is 13.1. The van der Waals surface area contributed by atoms with Crippen molar-refractivity contribution in [1.29, 1.82) is 0 Å². The minimum absolute atomic E-state index is 0.0340. The van der Waals surface area contributed by atoms with Crippen LogP contribution in [0, 0.1) is 12.3 Å². The van der Waals surface area contributed by atoms with Crippen LogP contribution >= 0.6 is 0 Å². The lowest BCUT2D eigenvalue weighted by atomic mass is 10.2. The highest BCUT2D eigenvalue weighted by Crippen LogP contribution is 2.24. The number of benzene rings is 1. The average molecular weight is 440 g/mol. The van der Waals surface area contributed by atoms with Gasteiger partial charge in [0.15, 0.2) is 0 Å². The summed E-state index contributed by atoms with van der Waals surface area (Å²) < 4.78 is 33.1. The van der Waals surface area contributed by atoms with Gasteiger partial charge < -0.3 is 14.3 Å². The van der Waals surface area contributed by atoms with E-state index < -0.39 is 10.0 Å². The van der Waals surface area contributed by atoms with Crippen molar-refractivity contribution in [1.82, 2.24) is 30.0 Å². The lowest BCUT2D eigenvalue weighted by Crippen LogP contribution is -2.50. The molecular weight excluding hydrogens is 420 g/mol. The molecule has 3 N–H and O–H groups in total. The fourth-order valence-corrected chi connectivity index (χ4v) is 5.22. The van der Waals surface area contributed by atoms with Crippen LogP contribution in [0.3, 0.4) is 0 Å². The van der Waals surface area contributed by atoms with Gasteiger partial charge in [-0.05, 0) is 24.3 Å². The molecule has 11 heteroatoms. The van der Waals surface area contributed by atoms with E-state index in [1.807, 2.05) is 0 Å². The molecule has 0 spiro atoms. The van der Waals surface area contributed by atoms with Crippen molar-refractivity contribution in [2.75, 3.05) is 26.2 Å². The number of nitrogens with one attached hydrogen (secondary N) is 3. The number of carbonyl (C=O) groups excluding carboxylic acids is 1. The second kappa shape index (κ2) is 7.51. The number of hydrogen-bond donors (Lipinski definition) is 3. The zero-order valence-electron chi connectivity index (χ0n) is 16.5. The highest BCUT2D eigenvalue weighted by atomic mass is 32.2. The second-order valence-electron chi connectivity index (χ2n) is 7.37. The quantitative estimate of drug-likeness (QED) is 0.504. The van der Waals surface area contributed by atoms with E-state index >= 15 is 0 Å². The molecule has 160 valence electrons. The fraction of sp³-hybridized carbons (Fsp3) is 0.300. The number of oxazole rings is 1. The maximum Gasteiger partial charge on any atom is 0.309 e. The normalized spacial score (nSPS) is 17.5. The van der Waals surface area contributed by atoms with Crippen molar-refractivity contribution in [3.8, 4) is 12.3 Å². The van der Waals surface area contributed by atoms with Gasteiger partial charge in [0, 0.05) is 42.6 Å². The van der Waals surface area contributed by atoms with E-state index in [1.165, 1.54) is 4.31 Å². The van der Waals surface area contributed by atoms with Crippen molar-refractivity contribution in [3.05, 3.63) is 47.2 Å². The van der Waals surface area contributed by atoms with Gasteiger partial charge in [0.2, 0.25) is 0 Å². The highest BCUT2D eigenvalue weighted by molar-refractivity contribution is 7.89. The molecule has 1 aromatic carbocycles. The molecule has 1 fully saturated rings. The Morgan fingerprint density at radius 3 is 2.65 bits per heavy atom. The van der Waals surface area contributed by atoms with Gasteiger partial charge in [0.1, 0.15) is 10.8 Å². The Morgan fingerprint density at radius 1 is 1.13 bits per heavy atom. The molecule has 2 aliphatic rings. The molecule has 1 amide bonds. The van der Waals surface area contributed by atoms with Crippen LogP contribution in [-0.2, 0) is 23.1 Å². The van der Waals surface area contributed by atoms with Gasteiger partial charge in [-0.1, -0.05) is 5.92 Å². The molecule has 2 aliphatic heterocycles. The number of terminal acetylenes is 1. The van der Waals surface area contributed by atoms with Crippen molar-refractivity contribution in [2.24, 2.45) is 0 Å². The molecule has 2 aromatic heterocycles. The number of hydrogen-bond acceptors (Lipinski definition) is 7. The van der Waals surface area contributed by atoms with Crippen LogP contribution in [0.5, 0.6) is 0 Å². The third-order valence-corrected chi connectivity index (χ3v) is 7.32. The third kappa shape index (κ3) is 3.49. The molecule has 31 heavy (non-hydrogen) atoms. The van der Waals surface area contributed by atoms with Crippen molar-refractivity contribution in [2.45, 2.75) is 18.1 Å². The van der Waals surface area contributed by atoms with Crippen LogP contribution < -0.4 is 10.9 Å². The van der Waals surface area contributed by atoms with Crippen LogP contribution in [0.25, 0.3) is 10.9 Å². The van der Waals surface area contributed by atoms with Crippen molar-refractivity contribution < 1.29 is 17.6 Å². The van der Waals surface area contributed by atoms with Gasteiger partial charge in [-0.15, -0.1) is 6.42 Å².